The van der Waals surface area contributed by atoms with Crippen LogP contribution < -0.4 is 0 Å². The van der Waals surface area contributed by atoms with Crippen LogP contribution in [0.4, 0.5) is 0 Å². The molecule has 2 aromatic rings. The van der Waals surface area contributed by atoms with Crippen LogP contribution in [0.5, 0.6) is 0 Å². The highest BCUT2D eigenvalue weighted by Gasteiger charge is 2.08. The SMILES string of the molecule is CCOC(=O)CCS(=O)c1ccc2ccccc2c1. The van der Waals surface area contributed by atoms with Crippen LogP contribution in [0.2, 0.25) is 0 Å². The molecule has 19 heavy (non-hydrogen) atoms. The van der Waals surface area contributed by atoms with Crippen molar-refractivity contribution in [3.63, 3.8) is 0 Å². The topological polar surface area (TPSA) is 43.4 Å². The number of benzene rings is 2. The molecule has 3 nitrogen and oxygen atoms in total. The van der Waals surface area contributed by atoms with Gasteiger partial charge >= 0.3 is 5.97 Å². The molecular weight excluding hydrogens is 260 g/mol. The Bertz CT molecular complexity index is 607. The van der Waals surface area contributed by atoms with Crippen LogP contribution in [0.1, 0.15) is 13.3 Å². The van der Waals surface area contributed by atoms with Gasteiger partial charge in [0, 0.05) is 10.6 Å². The van der Waals surface area contributed by atoms with E-state index in [1.165, 1.54) is 0 Å². The molecule has 0 spiro atoms. The largest absolute Gasteiger partial charge is 0.466 e. The zero-order chi connectivity index (χ0) is 13.7. The maximum absolute atomic E-state index is 12.1. The van der Waals surface area contributed by atoms with Crippen molar-refractivity contribution in [1.29, 1.82) is 0 Å². The standard InChI is InChI=1S/C15H16O3S/c1-2-18-15(16)9-10-19(17)14-8-7-12-5-3-4-6-13(12)11-14/h3-8,11H,2,9-10H2,1H3. The minimum Gasteiger partial charge on any atom is -0.466 e. The van der Waals surface area contributed by atoms with Crippen LogP contribution in [0, 0.1) is 0 Å². The lowest BCUT2D eigenvalue weighted by Crippen LogP contribution is -2.09. The lowest BCUT2D eigenvalue weighted by Gasteiger charge is -2.04. The van der Waals surface area contributed by atoms with Crippen molar-refractivity contribution >= 4 is 27.5 Å². The summed E-state index contributed by atoms with van der Waals surface area (Å²) in [5, 5.41) is 2.18. The molecule has 0 amide bonds. The van der Waals surface area contributed by atoms with Gasteiger partial charge in [-0.1, -0.05) is 30.3 Å². The Morgan fingerprint density at radius 1 is 1.16 bits per heavy atom. The molecule has 2 rings (SSSR count). The van der Waals surface area contributed by atoms with E-state index in [4.69, 9.17) is 4.74 Å². The summed E-state index contributed by atoms with van der Waals surface area (Å²) in [6, 6.07) is 13.6. The lowest BCUT2D eigenvalue weighted by molar-refractivity contribution is -0.142. The van der Waals surface area contributed by atoms with E-state index in [0.29, 0.717) is 12.4 Å². The quantitative estimate of drug-likeness (QED) is 0.789. The molecule has 0 aliphatic carbocycles. The van der Waals surface area contributed by atoms with Gasteiger partial charge in [0.2, 0.25) is 0 Å². The molecule has 0 saturated carbocycles. The first-order valence-corrected chi connectivity index (χ1v) is 7.55. The van der Waals surface area contributed by atoms with Crippen molar-refractivity contribution in [2.75, 3.05) is 12.4 Å². The Morgan fingerprint density at radius 2 is 1.89 bits per heavy atom. The molecule has 4 heteroatoms. The highest BCUT2D eigenvalue weighted by atomic mass is 32.2. The Hall–Kier alpha value is -1.68. The average Bonchev–Trinajstić information content (AvgIpc) is 2.44. The van der Waals surface area contributed by atoms with Gasteiger partial charge in [-0.25, -0.2) is 0 Å². The summed E-state index contributed by atoms with van der Waals surface area (Å²) in [5.41, 5.74) is 0. The highest BCUT2D eigenvalue weighted by molar-refractivity contribution is 7.85. The van der Waals surface area contributed by atoms with E-state index in [2.05, 4.69) is 0 Å². The number of hydrogen-bond donors (Lipinski definition) is 0. The van der Waals surface area contributed by atoms with Gasteiger partial charge < -0.3 is 4.74 Å². The minimum atomic E-state index is -1.16. The average molecular weight is 276 g/mol. The third kappa shape index (κ3) is 3.64. The zero-order valence-corrected chi connectivity index (χ0v) is 11.6. The summed E-state index contributed by atoms with van der Waals surface area (Å²) < 4.78 is 16.9. The molecule has 0 aliphatic rings. The van der Waals surface area contributed by atoms with E-state index < -0.39 is 10.8 Å². The van der Waals surface area contributed by atoms with E-state index in [-0.39, 0.29) is 12.4 Å². The summed E-state index contributed by atoms with van der Waals surface area (Å²) in [4.78, 5) is 12.0. The summed E-state index contributed by atoms with van der Waals surface area (Å²) in [6.45, 7) is 2.12. The second-order valence-corrected chi connectivity index (χ2v) is 5.68. The molecule has 0 fully saturated rings. The summed E-state index contributed by atoms with van der Waals surface area (Å²) >= 11 is 0. The van der Waals surface area contributed by atoms with Gasteiger partial charge in [0.05, 0.1) is 23.8 Å². The minimum absolute atomic E-state index is 0.188. The molecule has 1 unspecified atom stereocenters. The first kappa shape index (κ1) is 13.7. The van der Waals surface area contributed by atoms with Gasteiger partial charge in [-0.2, -0.15) is 0 Å². The van der Waals surface area contributed by atoms with E-state index in [1.807, 2.05) is 42.5 Å². The van der Waals surface area contributed by atoms with E-state index in [0.717, 1.165) is 15.7 Å². The van der Waals surface area contributed by atoms with Crippen LogP contribution in [-0.2, 0) is 20.3 Å². The maximum atomic E-state index is 12.1. The van der Waals surface area contributed by atoms with Crippen molar-refractivity contribution in [2.24, 2.45) is 0 Å². The lowest BCUT2D eigenvalue weighted by atomic mass is 10.1. The smallest absolute Gasteiger partial charge is 0.306 e. The van der Waals surface area contributed by atoms with Gasteiger partial charge in [-0.3, -0.25) is 9.00 Å². The Labute approximate surface area is 115 Å². The number of hydrogen-bond acceptors (Lipinski definition) is 3. The monoisotopic (exact) mass is 276 g/mol. The van der Waals surface area contributed by atoms with Gasteiger partial charge in [-0.05, 0) is 29.8 Å². The number of rotatable bonds is 5. The molecule has 0 saturated heterocycles. The molecule has 0 bridgehead atoms. The van der Waals surface area contributed by atoms with Crippen molar-refractivity contribution in [3.8, 4) is 0 Å². The molecule has 1 atom stereocenters. The van der Waals surface area contributed by atoms with E-state index in [1.54, 1.807) is 6.92 Å². The van der Waals surface area contributed by atoms with Crippen LogP contribution in [0.3, 0.4) is 0 Å². The first-order chi connectivity index (χ1) is 9.20. The summed E-state index contributed by atoms with van der Waals surface area (Å²) in [6.07, 6.45) is 0.188. The Morgan fingerprint density at radius 3 is 2.63 bits per heavy atom. The van der Waals surface area contributed by atoms with Crippen molar-refractivity contribution in [3.05, 3.63) is 42.5 Å². The predicted molar refractivity (Wildman–Crippen MR) is 76.5 cm³/mol. The number of carbonyl (C=O) groups is 1. The second kappa shape index (κ2) is 6.48. The van der Waals surface area contributed by atoms with Gasteiger partial charge in [0.15, 0.2) is 0 Å². The fourth-order valence-corrected chi connectivity index (χ4v) is 2.90. The molecule has 0 aliphatic heterocycles. The number of ether oxygens (including phenoxy) is 1. The van der Waals surface area contributed by atoms with Crippen molar-refractivity contribution in [1.82, 2.24) is 0 Å². The van der Waals surface area contributed by atoms with Gasteiger partial charge in [0.1, 0.15) is 0 Å². The summed E-state index contributed by atoms with van der Waals surface area (Å²) in [7, 11) is -1.16. The maximum Gasteiger partial charge on any atom is 0.306 e. The van der Waals surface area contributed by atoms with Crippen LogP contribution in [0.25, 0.3) is 10.8 Å². The van der Waals surface area contributed by atoms with E-state index in [9.17, 15) is 9.00 Å². The molecular formula is C15H16O3S. The third-order valence-electron chi connectivity index (χ3n) is 2.78. The van der Waals surface area contributed by atoms with Gasteiger partial charge in [0.25, 0.3) is 0 Å². The van der Waals surface area contributed by atoms with Gasteiger partial charge in [-0.15, -0.1) is 0 Å². The number of fused-ring (bicyclic) bond motifs is 1. The van der Waals surface area contributed by atoms with Crippen molar-refractivity contribution < 1.29 is 13.7 Å². The Balaban J connectivity index is 2.07. The van der Waals surface area contributed by atoms with Crippen LogP contribution in [0.15, 0.2) is 47.4 Å². The van der Waals surface area contributed by atoms with Crippen LogP contribution in [-0.4, -0.2) is 22.5 Å². The molecule has 0 N–H and O–H groups in total. The predicted octanol–water partition coefficient (Wildman–Crippen LogP) is 2.90. The number of esters is 1. The number of carbonyl (C=O) groups excluding carboxylic acids is 1. The fourth-order valence-electron chi connectivity index (χ4n) is 1.84. The third-order valence-corrected chi connectivity index (χ3v) is 4.14. The fraction of sp³-hybridized carbons (Fsp3) is 0.267. The molecule has 0 aromatic heterocycles. The van der Waals surface area contributed by atoms with E-state index >= 15 is 0 Å². The second-order valence-electron chi connectivity index (χ2n) is 4.11. The van der Waals surface area contributed by atoms with Crippen LogP contribution >= 0.6 is 0 Å². The molecule has 100 valence electrons. The molecule has 2 aromatic carbocycles. The highest BCUT2D eigenvalue weighted by Crippen LogP contribution is 2.18. The van der Waals surface area contributed by atoms with Crippen molar-refractivity contribution in [2.45, 2.75) is 18.2 Å². The summed E-state index contributed by atoms with van der Waals surface area (Å²) in [5.74, 6) is 0.00797. The first-order valence-electron chi connectivity index (χ1n) is 6.23. The molecule has 0 radical (unpaired) electrons. The Kier molecular flexibility index (Phi) is 4.68. The normalized spacial score (nSPS) is 12.3. The zero-order valence-electron chi connectivity index (χ0n) is 10.8. The molecule has 0 heterocycles.